The van der Waals surface area contributed by atoms with Crippen LogP contribution in [0.5, 0.6) is 23.0 Å². The van der Waals surface area contributed by atoms with Crippen molar-refractivity contribution >= 4 is 24.2 Å². The molecule has 8 rings (SSSR count). The summed E-state index contributed by atoms with van der Waals surface area (Å²) >= 11 is 5.83. The van der Waals surface area contributed by atoms with Gasteiger partial charge in [-0.3, -0.25) is 23.6 Å². The van der Waals surface area contributed by atoms with Gasteiger partial charge in [-0.05, 0) is 59.3 Å². The second-order valence-corrected chi connectivity index (χ2v) is 13.7. The molecule has 360 valence electrons. The van der Waals surface area contributed by atoms with Crippen LogP contribution in [0.3, 0.4) is 0 Å². The van der Waals surface area contributed by atoms with Crippen LogP contribution in [0.15, 0.2) is 98.6 Å². The van der Waals surface area contributed by atoms with E-state index in [1.165, 1.54) is 74.4 Å². The van der Waals surface area contributed by atoms with Gasteiger partial charge in [0.1, 0.15) is 60.2 Å². The smallest absolute Gasteiger partial charge is 0.157 e. The number of hydrogen-bond donors (Lipinski definition) is 4. The molecule has 0 fully saturated rings. The quantitative estimate of drug-likeness (QED) is 0.0626. The van der Waals surface area contributed by atoms with Gasteiger partial charge >= 0.3 is 0 Å². The molecule has 22 heteroatoms. The number of carbonyl (C=O) groups is 2. The Morgan fingerprint density at radius 3 is 1.43 bits per heavy atom. The molecular weight excluding hydrogens is 918 g/mol. The van der Waals surface area contributed by atoms with E-state index in [0.717, 1.165) is 38.3 Å². The van der Waals surface area contributed by atoms with Gasteiger partial charge in [-0.25, -0.2) is 38.7 Å². The van der Waals surface area contributed by atoms with Gasteiger partial charge in [0.2, 0.25) is 0 Å². The van der Waals surface area contributed by atoms with Crippen LogP contribution in [0.4, 0.5) is 8.78 Å². The van der Waals surface area contributed by atoms with Crippen LogP contribution in [-0.2, 0) is 19.1 Å². The third-order valence-electron chi connectivity index (χ3n) is 8.96. The van der Waals surface area contributed by atoms with E-state index in [4.69, 9.17) is 51.2 Å². The van der Waals surface area contributed by atoms with Gasteiger partial charge in [0, 0.05) is 121 Å². The third-order valence-corrected chi connectivity index (χ3v) is 9.24. The molecule has 0 aliphatic heterocycles. The van der Waals surface area contributed by atoms with E-state index in [2.05, 4.69) is 45.2 Å². The van der Waals surface area contributed by atoms with Crippen molar-refractivity contribution in [1.29, 1.82) is 0 Å². The van der Waals surface area contributed by atoms with Gasteiger partial charge in [0.05, 0.1) is 57.8 Å². The molecule has 19 nitrogen and oxygen atoms in total. The fourth-order valence-electron chi connectivity index (χ4n) is 5.89. The van der Waals surface area contributed by atoms with Gasteiger partial charge < -0.3 is 25.2 Å². The zero-order valence-corrected chi connectivity index (χ0v) is 36.0. The molecule has 0 aliphatic rings. The zero-order chi connectivity index (χ0) is 65.2. The largest absolute Gasteiger partial charge is 0.507 e. The standard InChI is InChI=1S/C18H17FN4O3.C11H13ClN4.C11H14N4O.C7H5FO3/c1-11(2)23-15(3-4-22-23)18-12(7-20-10-21-18)9-26-17-6-13(19)5-16(25)14(17)8-24;1-8(2)16-10(3-4-15-16)11-9(5-12)6-13-7-14-11;1-8(2)15-10(3-4-14-15)11-9(6-16)5-12-7-13-11;8-4-1-6(10)5(3-9)7(11)2-4/h3-8,10-11,25H,9H2,1-2H3;3-4,6-8H,5H2,1-2H3;3-5,7-8,16H,6H2,1-2H3;1-3,10-11H/i3*1D3,2D3;. The number of halogens is 3. The molecule has 0 unspecified atom stereocenters. The molecule has 0 atom stereocenters. The van der Waals surface area contributed by atoms with Crippen molar-refractivity contribution in [3.05, 3.63) is 138 Å². The van der Waals surface area contributed by atoms with E-state index in [1.807, 2.05) is 0 Å². The van der Waals surface area contributed by atoms with E-state index in [0.29, 0.717) is 23.1 Å². The van der Waals surface area contributed by atoms with Crippen molar-refractivity contribution in [2.45, 2.75) is 78.3 Å². The fraction of sp³-hybridized carbons (Fsp3) is 0.255. The average Bonchev–Trinajstić information content (AvgIpc) is 2.46. The maximum absolute atomic E-state index is 13.6. The number of alkyl halides is 1. The van der Waals surface area contributed by atoms with E-state index < -0.39 is 88.1 Å². The number of aliphatic hydroxyl groups is 1. The number of rotatable bonds is 13. The van der Waals surface area contributed by atoms with Crippen molar-refractivity contribution < 1.29 is 68.2 Å². The summed E-state index contributed by atoms with van der Waals surface area (Å²) in [7, 11) is 0. The van der Waals surface area contributed by atoms with Gasteiger partial charge in [0.15, 0.2) is 12.6 Å². The normalized spacial score (nSPS) is 15.7. The van der Waals surface area contributed by atoms with Crippen molar-refractivity contribution in [2.24, 2.45) is 0 Å². The molecule has 4 N–H and O–H groups in total. The molecule has 0 amide bonds. The predicted molar refractivity (Wildman–Crippen MR) is 249 cm³/mol. The third kappa shape index (κ3) is 13.1. The highest BCUT2D eigenvalue weighted by Gasteiger charge is 2.18. The van der Waals surface area contributed by atoms with Crippen LogP contribution >= 0.6 is 11.6 Å². The molecular formula is C47H49ClF2N12O7. The van der Waals surface area contributed by atoms with Gasteiger partial charge in [-0.2, -0.15) is 15.3 Å². The summed E-state index contributed by atoms with van der Waals surface area (Å²) in [6.45, 7) is -17.5. The number of phenols is 3. The topological polar surface area (TPSA) is 255 Å². The average molecular weight is 986 g/mol. The number of benzene rings is 2. The lowest BCUT2D eigenvalue weighted by Crippen LogP contribution is -2.08. The van der Waals surface area contributed by atoms with Crippen LogP contribution in [0.1, 0.15) is 121 Å². The Morgan fingerprint density at radius 2 is 1.01 bits per heavy atom. The number of aldehydes is 2. The number of phenolic OH excluding ortho intramolecular Hbond substituents is 3. The molecule has 0 aliphatic carbocycles. The molecule has 6 heterocycles. The minimum absolute atomic E-state index is 0.0842. The monoisotopic (exact) mass is 984 g/mol. The number of carbonyl (C=O) groups excluding carboxylic acids is 2. The van der Waals surface area contributed by atoms with Crippen molar-refractivity contribution in [1.82, 2.24) is 59.2 Å². The summed E-state index contributed by atoms with van der Waals surface area (Å²) in [5, 5.41) is 48.4. The molecule has 0 saturated heterocycles. The molecule has 69 heavy (non-hydrogen) atoms. The van der Waals surface area contributed by atoms with Crippen LogP contribution in [-0.4, -0.2) is 92.2 Å². The lowest BCUT2D eigenvalue weighted by atomic mass is 10.1. The van der Waals surface area contributed by atoms with E-state index >= 15 is 0 Å². The van der Waals surface area contributed by atoms with Crippen molar-refractivity contribution in [3.8, 4) is 57.2 Å². The predicted octanol–water partition coefficient (Wildman–Crippen LogP) is 8.28. The molecule has 2 aromatic carbocycles. The Labute approximate surface area is 425 Å². The highest BCUT2D eigenvalue weighted by atomic mass is 35.5. The summed E-state index contributed by atoms with van der Waals surface area (Å²) in [4.78, 5) is 45.0. The van der Waals surface area contributed by atoms with E-state index in [9.17, 15) is 28.6 Å². The Hall–Kier alpha value is -8.04. The van der Waals surface area contributed by atoms with Gasteiger partial charge in [-0.15, -0.1) is 11.6 Å². The Morgan fingerprint density at radius 1 is 0.623 bits per heavy atom. The zero-order valence-electron chi connectivity index (χ0n) is 53.3. The molecule has 0 bridgehead atoms. The van der Waals surface area contributed by atoms with E-state index in [-0.39, 0.29) is 76.3 Å². The molecule has 6 aromatic heterocycles. The van der Waals surface area contributed by atoms with Crippen LogP contribution < -0.4 is 4.74 Å². The first kappa shape index (κ1) is 31.8. The Kier molecular flexibility index (Phi) is 11.4. The second-order valence-electron chi connectivity index (χ2n) is 13.4. The highest BCUT2D eigenvalue weighted by molar-refractivity contribution is 6.17. The maximum Gasteiger partial charge on any atom is 0.157 e. The lowest BCUT2D eigenvalue weighted by Gasteiger charge is -2.14. The minimum atomic E-state index is -2.90. The SMILES string of the molecule is O=Cc1c(O)cc(F)cc1O.[2H]C([2H])([2H])C(n1nccc1-c1ncncc1CCl)C([2H])([2H])[2H].[2H]C([2H])([2H])C(n1nccc1-c1ncncc1CO)C([2H])([2H])[2H].[2H]C([2H])([2H])C(n1nccc1-c1ncncc1COc1cc(F)cc(O)c1C=O)C([2H])([2H])[2H]. The van der Waals surface area contributed by atoms with E-state index in [1.54, 1.807) is 0 Å². The number of aliphatic hydroxyl groups excluding tert-OH is 1. The first-order chi connectivity index (χ1) is 40.4. The van der Waals surface area contributed by atoms with Gasteiger partial charge in [0.25, 0.3) is 0 Å². The summed E-state index contributed by atoms with van der Waals surface area (Å²) in [6, 6.07) is 2.00. The van der Waals surface area contributed by atoms with Crippen LogP contribution in [0, 0.1) is 11.6 Å². The molecule has 8 aromatic rings. The Bertz CT molecular complexity index is 3460. The first-order valence-electron chi connectivity index (χ1n) is 28.3. The lowest BCUT2D eigenvalue weighted by molar-refractivity contribution is 0.110. The summed E-state index contributed by atoms with van der Waals surface area (Å²) in [5.41, 5.74) is 1.90. The molecule has 0 spiro atoms. The summed E-state index contributed by atoms with van der Waals surface area (Å²) < 4.78 is 170. The number of ether oxygens (including phenoxy) is 1. The highest BCUT2D eigenvalue weighted by Crippen LogP contribution is 2.31. The summed E-state index contributed by atoms with van der Waals surface area (Å²) in [6.07, 6.45) is 12.3. The van der Waals surface area contributed by atoms with Crippen molar-refractivity contribution in [2.75, 3.05) is 0 Å². The number of nitrogens with zero attached hydrogens (tertiary/aromatic N) is 12. The first-order valence-corrected chi connectivity index (χ1v) is 19.9. The molecule has 0 saturated carbocycles. The van der Waals surface area contributed by atoms with Crippen molar-refractivity contribution in [3.63, 3.8) is 0 Å². The number of aromatic nitrogens is 12. The van der Waals surface area contributed by atoms with Crippen LogP contribution in [0.2, 0.25) is 0 Å². The Balaban J connectivity index is 0.000000223. The minimum Gasteiger partial charge on any atom is -0.507 e. The maximum atomic E-state index is 13.6. The summed E-state index contributed by atoms with van der Waals surface area (Å²) in [5.74, 6) is -3.46. The van der Waals surface area contributed by atoms with Gasteiger partial charge in [-0.1, -0.05) is 0 Å². The van der Waals surface area contributed by atoms with Crippen LogP contribution in [0.25, 0.3) is 34.2 Å². The molecule has 0 radical (unpaired) electrons. The fourth-order valence-corrected chi connectivity index (χ4v) is 6.09. The number of hydrogen-bond acceptors (Lipinski definition) is 16. The second kappa shape index (κ2) is 24.6. The number of aromatic hydroxyl groups is 3.